The van der Waals surface area contributed by atoms with E-state index in [0.29, 0.717) is 82.3 Å². The van der Waals surface area contributed by atoms with Gasteiger partial charge in [-0.2, -0.15) is 13.2 Å². The molecule has 1 amide bonds. The molecule has 10 nitrogen and oxygen atoms in total. The summed E-state index contributed by atoms with van der Waals surface area (Å²) < 4.78 is 60.0. The Labute approximate surface area is 290 Å². The maximum Gasteiger partial charge on any atom is 0.434 e. The van der Waals surface area contributed by atoms with Gasteiger partial charge < -0.3 is 14.6 Å². The van der Waals surface area contributed by atoms with Crippen molar-refractivity contribution in [2.24, 2.45) is 0 Å². The van der Waals surface area contributed by atoms with E-state index in [4.69, 9.17) is 9.40 Å². The summed E-state index contributed by atoms with van der Waals surface area (Å²) in [4.78, 5) is 42.6. The molecule has 1 aromatic carbocycles. The average molecular weight is 714 g/mol. The number of benzene rings is 1. The van der Waals surface area contributed by atoms with Crippen LogP contribution < -0.4 is 11.1 Å². The number of thiophene rings is 1. The predicted molar refractivity (Wildman–Crippen MR) is 180 cm³/mol. The second-order valence-electron chi connectivity index (χ2n) is 12.9. The molecule has 0 spiro atoms. The van der Waals surface area contributed by atoms with Crippen LogP contribution in [0.5, 0.6) is 0 Å². The van der Waals surface area contributed by atoms with Gasteiger partial charge in [-0.3, -0.25) is 9.78 Å². The number of carbonyl (C=O) groups is 1. The summed E-state index contributed by atoms with van der Waals surface area (Å²) in [6.45, 7) is 0.601. The van der Waals surface area contributed by atoms with E-state index in [-0.39, 0.29) is 29.7 Å². The monoisotopic (exact) mass is 713 g/mol. The Morgan fingerprint density at radius 2 is 1.84 bits per heavy atom. The third-order valence-electron chi connectivity index (χ3n) is 9.90. The third kappa shape index (κ3) is 5.37. The molecule has 1 aliphatic carbocycles. The maximum atomic E-state index is 14.1. The maximum absolute atomic E-state index is 14.1. The molecule has 0 radical (unpaired) electrons. The molecule has 5 aromatic heterocycles. The van der Waals surface area contributed by atoms with Gasteiger partial charge >= 0.3 is 11.9 Å². The lowest BCUT2D eigenvalue weighted by molar-refractivity contribution is -0.141. The normalized spacial score (nSPS) is 18.0. The molecular weight excluding hydrogens is 687 g/mol. The number of carbonyl (C=O) groups excluding carboxylic acids is 1. The van der Waals surface area contributed by atoms with Crippen LogP contribution in [0.25, 0.3) is 32.0 Å². The Kier molecular flexibility index (Phi) is 7.31. The largest absolute Gasteiger partial charge is 0.434 e. The molecule has 1 saturated heterocycles. The van der Waals surface area contributed by atoms with Gasteiger partial charge in [0.15, 0.2) is 0 Å². The predicted octanol–water partition coefficient (Wildman–Crippen LogP) is 7.43. The molecule has 7 heterocycles. The van der Waals surface area contributed by atoms with Crippen LogP contribution in [-0.2, 0) is 25.4 Å². The van der Waals surface area contributed by atoms with Crippen molar-refractivity contribution in [3.8, 4) is 21.9 Å². The summed E-state index contributed by atoms with van der Waals surface area (Å²) in [5.41, 5.74) is 3.76. The fourth-order valence-electron chi connectivity index (χ4n) is 7.59. The van der Waals surface area contributed by atoms with E-state index in [9.17, 15) is 27.2 Å². The summed E-state index contributed by atoms with van der Waals surface area (Å²) in [6, 6.07) is 12.0. The molecule has 9 rings (SSSR count). The second kappa shape index (κ2) is 11.8. The van der Waals surface area contributed by atoms with E-state index in [1.54, 1.807) is 18.3 Å². The zero-order valence-corrected chi connectivity index (χ0v) is 27.5. The van der Waals surface area contributed by atoms with Crippen LogP contribution in [0.2, 0.25) is 0 Å². The zero-order chi connectivity index (χ0) is 35.0. The Balaban J connectivity index is 1.18. The highest BCUT2D eigenvalue weighted by atomic mass is 32.1. The number of halogens is 4. The molecule has 0 bridgehead atoms. The van der Waals surface area contributed by atoms with Crippen LogP contribution in [0.3, 0.4) is 0 Å². The minimum atomic E-state index is -4.52. The van der Waals surface area contributed by atoms with E-state index < -0.39 is 17.6 Å². The molecule has 0 saturated carbocycles. The van der Waals surface area contributed by atoms with Crippen molar-refractivity contribution in [2.75, 3.05) is 11.9 Å². The summed E-state index contributed by atoms with van der Waals surface area (Å²) in [7, 11) is 0. The minimum absolute atomic E-state index is 0.00137. The summed E-state index contributed by atoms with van der Waals surface area (Å²) in [6.07, 6.45) is 0.588. The van der Waals surface area contributed by atoms with Crippen molar-refractivity contribution in [3.05, 3.63) is 111 Å². The van der Waals surface area contributed by atoms with E-state index in [1.165, 1.54) is 29.5 Å². The first-order valence-corrected chi connectivity index (χ1v) is 17.3. The number of hydrogen-bond acceptors (Lipinski definition) is 9. The van der Waals surface area contributed by atoms with Crippen LogP contribution in [0, 0.1) is 5.82 Å². The fourth-order valence-corrected chi connectivity index (χ4v) is 8.75. The Hall–Kier alpha value is -5.44. The van der Waals surface area contributed by atoms with Crippen molar-refractivity contribution in [2.45, 2.75) is 56.8 Å². The first-order chi connectivity index (χ1) is 24.6. The standard InChI is InChI=1S/C36H27F4N7O3S/c37-19-6-3-17(4-7-19)5-9-23-27(33-45-46-35(49)50-33)28(29-30(43-23)24-2-1-15-47(24)34(29)48)25-16-18-13-14-41-32(31(18)51-25)44-22-11-10-21-20(22)8-12-26(42-21)36(38,39)40/h3-4,6-8,12-14,16,22,24H,1-2,5,9-11,15H2,(H,41,44)(H,46,49)/t22-,24-/m0/s1. The number of aromatic amines is 1. The molecule has 2 atom stereocenters. The number of amides is 1. The molecule has 15 heteroatoms. The number of H-pyrrole nitrogens is 1. The Morgan fingerprint density at radius 1 is 1.00 bits per heavy atom. The lowest BCUT2D eigenvalue weighted by atomic mass is 9.93. The molecule has 1 fully saturated rings. The molecular formula is C36H27F4N7O3S. The quantitative estimate of drug-likeness (QED) is 0.164. The van der Waals surface area contributed by atoms with Crippen LogP contribution in [0.15, 0.2) is 63.9 Å². The minimum Gasteiger partial charge on any atom is -0.388 e. The van der Waals surface area contributed by atoms with Crippen molar-refractivity contribution >= 4 is 33.1 Å². The van der Waals surface area contributed by atoms with Gasteiger partial charge in [-0.1, -0.05) is 18.2 Å². The SMILES string of the molecule is O=C1c2c(nc(CCc3ccc(F)cc3)c(-c3n[nH]c(=O)o3)c2-c2cc3ccnc(N[C@H]4CCc5nc(C(F)(F)F)ccc54)c3s2)[C@@H]2CCCN12. The highest BCUT2D eigenvalue weighted by Gasteiger charge is 2.45. The van der Waals surface area contributed by atoms with Crippen molar-refractivity contribution in [3.63, 3.8) is 0 Å². The smallest absolute Gasteiger partial charge is 0.388 e. The Bertz CT molecular complexity index is 2420. The highest BCUT2D eigenvalue weighted by Crippen LogP contribution is 2.50. The molecule has 258 valence electrons. The number of nitrogens with zero attached hydrogens (tertiary/aromatic N) is 5. The van der Waals surface area contributed by atoms with Crippen LogP contribution >= 0.6 is 11.3 Å². The van der Waals surface area contributed by atoms with Gasteiger partial charge in [-0.15, -0.1) is 16.4 Å². The van der Waals surface area contributed by atoms with Gasteiger partial charge in [-0.05, 0) is 85.4 Å². The van der Waals surface area contributed by atoms with Crippen molar-refractivity contribution in [1.29, 1.82) is 0 Å². The topological polar surface area (TPSA) is 130 Å². The summed E-state index contributed by atoms with van der Waals surface area (Å²) in [5, 5.41) is 10.8. The van der Waals surface area contributed by atoms with Crippen LogP contribution in [0.4, 0.5) is 23.4 Å². The van der Waals surface area contributed by atoms with Gasteiger partial charge in [-0.25, -0.2) is 24.3 Å². The van der Waals surface area contributed by atoms with Gasteiger partial charge in [0.1, 0.15) is 17.3 Å². The second-order valence-corrected chi connectivity index (χ2v) is 14.0. The average Bonchev–Trinajstić information content (AvgIpc) is 3.95. The number of fused-ring (bicyclic) bond motifs is 5. The molecule has 2 N–H and O–H groups in total. The van der Waals surface area contributed by atoms with E-state index in [1.807, 2.05) is 17.0 Å². The number of rotatable bonds is 7. The number of aromatic nitrogens is 5. The lowest BCUT2D eigenvalue weighted by Crippen LogP contribution is -2.22. The first kappa shape index (κ1) is 31.5. The van der Waals surface area contributed by atoms with Gasteiger partial charge in [0.25, 0.3) is 11.8 Å². The third-order valence-corrected chi connectivity index (χ3v) is 11.1. The fraction of sp³-hybridized carbons (Fsp3) is 0.278. The van der Waals surface area contributed by atoms with E-state index in [2.05, 4.69) is 25.5 Å². The van der Waals surface area contributed by atoms with Crippen molar-refractivity contribution < 1.29 is 26.8 Å². The highest BCUT2D eigenvalue weighted by molar-refractivity contribution is 7.23. The van der Waals surface area contributed by atoms with Gasteiger partial charge in [0.2, 0.25) is 0 Å². The summed E-state index contributed by atoms with van der Waals surface area (Å²) in [5.74, 6) is -0.701. The number of hydrogen-bond donors (Lipinski definition) is 2. The zero-order valence-electron chi connectivity index (χ0n) is 26.7. The molecule has 51 heavy (non-hydrogen) atoms. The number of anilines is 1. The Morgan fingerprint density at radius 3 is 2.63 bits per heavy atom. The molecule has 6 aromatic rings. The lowest BCUT2D eigenvalue weighted by Gasteiger charge is -2.16. The van der Waals surface area contributed by atoms with E-state index >= 15 is 0 Å². The van der Waals surface area contributed by atoms with E-state index in [0.717, 1.165) is 34.6 Å². The van der Waals surface area contributed by atoms with Crippen LogP contribution in [-0.4, -0.2) is 42.5 Å². The number of alkyl halides is 3. The number of nitrogens with one attached hydrogen (secondary N) is 2. The summed E-state index contributed by atoms with van der Waals surface area (Å²) >= 11 is 1.40. The van der Waals surface area contributed by atoms with Gasteiger partial charge in [0, 0.05) is 28.9 Å². The molecule has 0 unspecified atom stereocenters. The molecule has 2 aliphatic heterocycles. The first-order valence-electron chi connectivity index (χ1n) is 16.5. The van der Waals surface area contributed by atoms with Gasteiger partial charge in [0.05, 0.1) is 39.3 Å². The number of aryl methyl sites for hydroxylation is 3. The van der Waals surface area contributed by atoms with Crippen LogP contribution in [0.1, 0.15) is 75.6 Å². The molecule has 3 aliphatic rings. The number of pyridine rings is 3. The van der Waals surface area contributed by atoms with Crippen molar-refractivity contribution in [1.82, 2.24) is 30.0 Å².